The van der Waals surface area contributed by atoms with Crippen LogP contribution in [-0.4, -0.2) is 60.6 Å². The summed E-state index contributed by atoms with van der Waals surface area (Å²) in [5.41, 5.74) is 1.45. The number of alkyl halides is 2. The first-order valence-corrected chi connectivity index (χ1v) is 11.7. The van der Waals surface area contributed by atoms with Crippen LogP contribution in [-0.2, 0) is 0 Å². The van der Waals surface area contributed by atoms with E-state index in [9.17, 15) is 23.5 Å². The maximum atomic E-state index is 15.4. The topological polar surface area (TPSA) is 99.9 Å². The van der Waals surface area contributed by atoms with Gasteiger partial charge in [-0.2, -0.15) is 8.78 Å². The summed E-state index contributed by atoms with van der Waals surface area (Å²) in [7, 11) is 1.40. The molecular formula is C23H20F3N5O4S. The van der Waals surface area contributed by atoms with Crippen LogP contribution < -0.4 is 25.4 Å². The van der Waals surface area contributed by atoms with Crippen molar-refractivity contribution in [3.63, 3.8) is 0 Å². The van der Waals surface area contributed by atoms with Crippen molar-refractivity contribution in [1.29, 1.82) is 0 Å². The number of carbonyl (C=O) groups is 1. The number of nitrogens with one attached hydrogen (secondary N) is 1. The summed E-state index contributed by atoms with van der Waals surface area (Å²) in [6, 6.07) is 8.59. The average molecular weight is 520 g/mol. The molecule has 3 heterocycles. The molecule has 2 aromatic heterocycles. The normalized spacial score (nSPS) is 14.1. The minimum atomic E-state index is -3.31. The first kappa shape index (κ1) is 23.7. The molecule has 0 spiro atoms. The van der Waals surface area contributed by atoms with Crippen molar-refractivity contribution in [2.24, 2.45) is 0 Å². The zero-order valence-electron chi connectivity index (χ0n) is 18.9. The number of aromatic nitrogens is 2. The number of pyridine rings is 1. The Hall–Kier alpha value is -4.00. The number of carboxylic acid groups (broad SMARTS) is 1. The number of thiazole rings is 1. The van der Waals surface area contributed by atoms with Gasteiger partial charge in [0.1, 0.15) is 16.8 Å². The molecule has 0 amide bonds. The van der Waals surface area contributed by atoms with E-state index in [-0.39, 0.29) is 24.3 Å². The Labute approximate surface area is 205 Å². The fraction of sp³-hybridized carbons (Fsp3) is 0.261. The number of para-hydroxylation sites is 1. The van der Waals surface area contributed by atoms with Crippen molar-refractivity contribution in [3.8, 4) is 5.75 Å². The molecule has 0 unspecified atom stereocenters. The fourth-order valence-corrected chi connectivity index (χ4v) is 5.37. The van der Waals surface area contributed by atoms with Crippen LogP contribution in [0.15, 0.2) is 41.3 Å². The lowest BCUT2D eigenvalue weighted by molar-refractivity contribution is -0.0488. The standard InChI is InChI=1S/C23H20F3N5O4S/c1-27-31-11-13(21(33)34)19(32)12-10-14(24)18(20(17(12)31)35-22(25)26)29-6-8-30(9-7-29)23-28-15-4-2-3-5-16(15)36-23/h2-5,10-11,22,27H,6-9H2,1H3,(H,33,34). The van der Waals surface area contributed by atoms with E-state index in [1.165, 1.54) is 18.4 Å². The Morgan fingerprint density at radius 1 is 1.19 bits per heavy atom. The molecule has 1 aliphatic heterocycles. The van der Waals surface area contributed by atoms with E-state index in [1.54, 1.807) is 4.90 Å². The zero-order chi connectivity index (χ0) is 25.6. The van der Waals surface area contributed by atoms with E-state index in [4.69, 9.17) is 4.74 Å². The van der Waals surface area contributed by atoms with Crippen molar-refractivity contribution in [3.05, 3.63) is 58.1 Å². The third-order valence-corrected chi connectivity index (χ3v) is 7.10. The molecule has 0 atom stereocenters. The van der Waals surface area contributed by atoms with E-state index in [1.807, 2.05) is 29.2 Å². The van der Waals surface area contributed by atoms with Gasteiger partial charge in [0.05, 0.1) is 15.6 Å². The third-order valence-electron chi connectivity index (χ3n) is 6.00. The summed E-state index contributed by atoms with van der Waals surface area (Å²) < 4.78 is 49.2. The van der Waals surface area contributed by atoms with Gasteiger partial charge in [0.15, 0.2) is 16.7 Å². The summed E-state index contributed by atoms with van der Waals surface area (Å²) in [6.45, 7) is -1.87. The van der Waals surface area contributed by atoms with Crippen LogP contribution in [0.5, 0.6) is 5.75 Å². The SMILES string of the molecule is CNn1cc(C(=O)O)c(=O)c2cc(F)c(N3CCN(c4nc5ccccc5s4)CC3)c(OC(F)F)c21. The molecule has 0 aliphatic carbocycles. The predicted octanol–water partition coefficient (Wildman–Crippen LogP) is 3.55. The Kier molecular flexibility index (Phi) is 6.08. The van der Waals surface area contributed by atoms with Crippen molar-refractivity contribution in [2.45, 2.75) is 6.61 Å². The monoisotopic (exact) mass is 519 g/mol. The number of aromatic carboxylic acids is 1. The van der Waals surface area contributed by atoms with E-state index in [0.29, 0.717) is 13.1 Å². The quantitative estimate of drug-likeness (QED) is 0.399. The summed E-state index contributed by atoms with van der Waals surface area (Å²) in [5, 5.41) is 9.76. The molecule has 13 heteroatoms. The second-order valence-electron chi connectivity index (χ2n) is 8.02. The summed E-state index contributed by atoms with van der Waals surface area (Å²) in [6.07, 6.45) is 0.956. The van der Waals surface area contributed by atoms with Gasteiger partial charge in [-0.3, -0.25) is 9.47 Å². The molecule has 36 heavy (non-hydrogen) atoms. The van der Waals surface area contributed by atoms with Crippen LogP contribution in [0, 0.1) is 5.82 Å². The maximum Gasteiger partial charge on any atom is 0.387 e. The number of benzene rings is 2. The predicted molar refractivity (Wildman–Crippen MR) is 131 cm³/mol. The van der Waals surface area contributed by atoms with Crippen molar-refractivity contribution in [1.82, 2.24) is 9.66 Å². The molecule has 4 aromatic rings. The highest BCUT2D eigenvalue weighted by Crippen LogP contribution is 2.40. The highest BCUT2D eigenvalue weighted by atomic mass is 32.1. The summed E-state index contributed by atoms with van der Waals surface area (Å²) in [5.74, 6) is -3.04. The highest BCUT2D eigenvalue weighted by molar-refractivity contribution is 7.22. The van der Waals surface area contributed by atoms with Crippen LogP contribution in [0.2, 0.25) is 0 Å². The number of carboxylic acids is 1. The molecule has 1 aliphatic rings. The summed E-state index contributed by atoms with van der Waals surface area (Å²) in [4.78, 5) is 32.5. The first-order valence-electron chi connectivity index (χ1n) is 10.9. The number of halogens is 3. The Bertz CT molecular complexity index is 1500. The zero-order valence-corrected chi connectivity index (χ0v) is 19.7. The Balaban J connectivity index is 1.56. The van der Waals surface area contributed by atoms with Crippen LogP contribution in [0.25, 0.3) is 21.1 Å². The van der Waals surface area contributed by atoms with E-state index < -0.39 is 40.5 Å². The van der Waals surface area contributed by atoms with Crippen molar-refractivity contribution in [2.75, 3.05) is 48.5 Å². The molecular weight excluding hydrogens is 499 g/mol. The van der Waals surface area contributed by atoms with Gasteiger partial charge < -0.3 is 25.1 Å². The van der Waals surface area contributed by atoms with Gasteiger partial charge in [0.25, 0.3) is 0 Å². The average Bonchev–Trinajstić information content (AvgIpc) is 3.29. The van der Waals surface area contributed by atoms with E-state index >= 15 is 4.39 Å². The molecule has 2 aromatic carbocycles. The second-order valence-corrected chi connectivity index (χ2v) is 9.03. The van der Waals surface area contributed by atoms with Crippen LogP contribution in [0.3, 0.4) is 0 Å². The first-order chi connectivity index (χ1) is 17.3. The molecule has 0 bridgehead atoms. The Morgan fingerprint density at radius 2 is 1.89 bits per heavy atom. The number of nitrogens with zero attached hydrogens (tertiary/aromatic N) is 4. The lowest BCUT2D eigenvalue weighted by atomic mass is 10.1. The molecule has 1 fully saturated rings. The number of anilines is 2. The number of piperazine rings is 1. The van der Waals surface area contributed by atoms with Gasteiger partial charge in [-0.25, -0.2) is 14.2 Å². The molecule has 0 radical (unpaired) electrons. The van der Waals surface area contributed by atoms with Crippen LogP contribution in [0.4, 0.5) is 24.0 Å². The minimum absolute atomic E-state index is 0.183. The van der Waals surface area contributed by atoms with Gasteiger partial charge in [-0.1, -0.05) is 23.5 Å². The lowest BCUT2D eigenvalue weighted by Gasteiger charge is -2.37. The molecule has 1 saturated heterocycles. The molecule has 2 N–H and O–H groups in total. The number of hydrogen-bond acceptors (Lipinski definition) is 8. The lowest BCUT2D eigenvalue weighted by Crippen LogP contribution is -2.47. The molecule has 0 saturated carbocycles. The van der Waals surface area contributed by atoms with Gasteiger partial charge >= 0.3 is 12.6 Å². The third kappa shape index (κ3) is 4.04. The fourth-order valence-electron chi connectivity index (χ4n) is 4.36. The van der Waals surface area contributed by atoms with Crippen molar-refractivity contribution >= 4 is 49.2 Å². The van der Waals surface area contributed by atoms with Gasteiger partial charge in [-0.05, 0) is 18.2 Å². The minimum Gasteiger partial charge on any atom is -0.477 e. The largest absolute Gasteiger partial charge is 0.477 e. The number of fused-ring (bicyclic) bond motifs is 2. The van der Waals surface area contributed by atoms with Crippen LogP contribution >= 0.6 is 11.3 Å². The number of hydrogen-bond donors (Lipinski definition) is 2. The van der Waals surface area contributed by atoms with Gasteiger partial charge in [-0.15, -0.1) is 0 Å². The van der Waals surface area contributed by atoms with Crippen LogP contribution in [0.1, 0.15) is 10.4 Å². The maximum absolute atomic E-state index is 15.4. The number of rotatable bonds is 6. The van der Waals surface area contributed by atoms with E-state index in [0.717, 1.165) is 32.3 Å². The molecule has 9 nitrogen and oxygen atoms in total. The van der Waals surface area contributed by atoms with Crippen molar-refractivity contribution < 1.29 is 27.8 Å². The smallest absolute Gasteiger partial charge is 0.387 e. The summed E-state index contributed by atoms with van der Waals surface area (Å²) >= 11 is 1.53. The van der Waals surface area contributed by atoms with Gasteiger partial charge in [0, 0.05) is 39.4 Å². The molecule has 5 rings (SSSR count). The Morgan fingerprint density at radius 3 is 2.53 bits per heavy atom. The van der Waals surface area contributed by atoms with Gasteiger partial charge in [0.2, 0.25) is 5.43 Å². The molecule has 188 valence electrons. The second kappa shape index (κ2) is 9.22. The van der Waals surface area contributed by atoms with E-state index in [2.05, 4.69) is 10.4 Å². The highest BCUT2D eigenvalue weighted by Gasteiger charge is 2.30. The number of ether oxygens (including phenoxy) is 1.